The minimum Gasteiger partial charge on any atom is -0.482 e. The van der Waals surface area contributed by atoms with Crippen molar-refractivity contribution >= 4 is 17.4 Å². The summed E-state index contributed by atoms with van der Waals surface area (Å²) < 4.78 is 21.9. The molecule has 2 aliphatic rings. The fourth-order valence-electron chi connectivity index (χ4n) is 6.14. The molecular formula is C36H41FN6O2. The number of carbonyl (C=O) groups is 1. The van der Waals surface area contributed by atoms with Crippen molar-refractivity contribution in [3.8, 4) is 5.75 Å². The molecule has 1 saturated heterocycles. The number of fused-ring (bicyclic) bond motifs is 1. The van der Waals surface area contributed by atoms with Gasteiger partial charge in [0, 0.05) is 64.4 Å². The van der Waals surface area contributed by atoms with Gasteiger partial charge in [-0.25, -0.2) is 4.39 Å². The summed E-state index contributed by atoms with van der Waals surface area (Å²) in [6.07, 6.45) is 6.45. The molecule has 0 atom stereocenters. The topological polar surface area (TPSA) is 83.5 Å². The lowest BCUT2D eigenvalue weighted by atomic mass is 9.86. The Balaban J connectivity index is 1.08. The minimum atomic E-state index is -0.472. The van der Waals surface area contributed by atoms with Crippen molar-refractivity contribution in [3.05, 3.63) is 107 Å². The van der Waals surface area contributed by atoms with Crippen LogP contribution in [0.4, 0.5) is 15.9 Å². The van der Waals surface area contributed by atoms with Gasteiger partial charge in [0.1, 0.15) is 5.60 Å². The molecule has 4 aromatic rings. The average molecular weight is 609 g/mol. The van der Waals surface area contributed by atoms with Crippen LogP contribution in [-0.2, 0) is 18.4 Å². The number of anilines is 2. The van der Waals surface area contributed by atoms with Crippen LogP contribution in [0.15, 0.2) is 79.1 Å². The standard InChI is InChI=1S/C36H41FN6O2/c1-35(2,3)28-9-7-27(8-10-28)25-43-24-18-36(45-33-29(37)5-4-6-31(33)43)16-22-42(23-17-36)32-12-11-30(40-41-32)34(44)39-21-15-26-13-19-38-20-14-26/h4-14,19-20H,15-18,21-25H2,1-3H3,(H,39,44). The summed E-state index contributed by atoms with van der Waals surface area (Å²) in [4.78, 5) is 21.0. The molecule has 2 aromatic carbocycles. The van der Waals surface area contributed by atoms with Crippen LogP contribution in [-0.4, -0.2) is 52.9 Å². The largest absolute Gasteiger partial charge is 0.482 e. The van der Waals surface area contributed by atoms with Crippen molar-refractivity contribution in [2.24, 2.45) is 0 Å². The van der Waals surface area contributed by atoms with Crippen LogP contribution in [0.5, 0.6) is 5.75 Å². The molecule has 0 bridgehead atoms. The number of nitrogens with zero attached hydrogens (tertiary/aromatic N) is 5. The number of para-hydroxylation sites is 1. The van der Waals surface area contributed by atoms with E-state index in [4.69, 9.17) is 4.74 Å². The lowest BCUT2D eigenvalue weighted by Gasteiger charge is -2.41. The number of benzene rings is 2. The molecule has 2 aromatic heterocycles. The number of amides is 1. The number of nitrogens with one attached hydrogen (secondary N) is 1. The minimum absolute atomic E-state index is 0.0925. The molecule has 234 valence electrons. The van der Waals surface area contributed by atoms with E-state index < -0.39 is 5.60 Å². The number of hydrogen-bond acceptors (Lipinski definition) is 7. The van der Waals surface area contributed by atoms with Crippen LogP contribution >= 0.6 is 0 Å². The smallest absolute Gasteiger partial charge is 0.271 e. The quantitative estimate of drug-likeness (QED) is 0.271. The van der Waals surface area contributed by atoms with Crippen molar-refractivity contribution in [1.29, 1.82) is 0 Å². The van der Waals surface area contributed by atoms with Gasteiger partial charge in [-0.05, 0) is 64.9 Å². The maximum atomic E-state index is 15.3. The molecule has 1 N–H and O–H groups in total. The first-order valence-electron chi connectivity index (χ1n) is 15.8. The highest BCUT2D eigenvalue weighted by Crippen LogP contribution is 2.43. The Kier molecular flexibility index (Phi) is 8.70. The maximum absolute atomic E-state index is 15.3. The third-order valence-corrected chi connectivity index (χ3v) is 8.97. The van der Waals surface area contributed by atoms with Gasteiger partial charge in [0.25, 0.3) is 5.91 Å². The zero-order valence-electron chi connectivity index (χ0n) is 26.3. The molecule has 6 rings (SSSR count). The number of carbonyl (C=O) groups excluding carboxylic acids is 1. The van der Waals surface area contributed by atoms with Crippen molar-refractivity contribution in [1.82, 2.24) is 20.5 Å². The number of rotatable bonds is 7. The van der Waals surface area contributed by atoms with Crippen LogP contribution in [0.3, 0.4) is 0 Å². The van der Waals surface area contributed by atoms with E-state index in [2.05, 4.69) is 75.3 Å². The number of halogens is 1. The second-order valence-corrected chi connectivity index (χ2v) is 13.1. The molecule has 1 fully saturated rings. The van der Waals surface area contributed by atoms with Gasteiger partial charge in [0.15, 0.2) is 23.1 Å². The predicted molar refractivity (Wildman–Crippen MR) is 174 cm³/mol. The molecule has 0 saturated carbocycles. The van der Waals surface area contributed by atoms with E-state index in [0.29, 0.717) is 38.3 Å². The summed E-state index contributed by atoms with van der Waals surface area (Å²) in [6.45, 7) is 10.00. The van der Waals surface area contributed by atoms with Gasteiger partial charge in [-0.15, -0.1) is 10.2 Å². The van der Waals surface area contributed by atoms with Gasteiger partial charge in [0.05, 0.1) is 5.69 Å². The van der Waals surface area contributed by atoms with Crippen molar-refractivity contribution < 1.29 is 13.9 Å². The van der Waals surface area contributed by atoms with Crippen LogP contribution in [0.2, 0.25) is 0 Å². The second-order valence-electron chi connectivity index (χ2n) is 13.1. The maximum Gasteiger partial charge on any atom is 0.271 e. The molecule has 1 spiro atoms. The molecule has 0 unspecified atom stereocenters. The summed E-state index contributed by atoms with van der Waals surface area (Å²) in [6, 6.07) is 21.4. The molecule has 0 radical (unpaired) electrons. The van der Waals surface area contributed by atoms with E-state index in [1.165, 1.54) is 17.2 Å². The van der Waals surface area contributed by atoms with E-state index in [1.54, 1.807) is 24.5 Å². The molecule has 2 aliphatic heterocycles. The van der Waals surface area contributed by atoms with Crippen LogP contribution < -0.4 is 19.9 Å². The van der Waals surface area contributed by atoms with Gasteiger partial charge in [0.2, 0.25) is 0 Å². The van der Waals surface area contributed by atoms with E-state index in [0.717, 1.165) is 42.9 Å². The zero-order chi connectivity index (χ0) is 31.4. The summed E-state index contributed by atoms with van der Waals surface area (Å²) in [5.74, 6) is 0.486. The molecule has 8 nitrogen and oxygen atoms in total. The molecule has 1 amide bonds. The Hall–Kier alpha value is -4.53. The van der Waals surface area contributed by atoms with Gasteiger partial charge in [-0.3, -0.25) is 9.78 Å². The van der Waals surface area contributed by atoms with Gasteiger partial charge in [-0.2, -0.15) is 0 Å². The Morgan fingerprint density at radius 2 is 1.64 bits per heavy atom. The fourth-order valence-corrected chi connectivity index (χ4v) is 6.14. The summed E-state index contributed by atoms with van der Waals surface area (Å²) in [7, 11) is 0. The van der Waals surface area contributed by atoms with Gasteiger partial charge in [-0.1, -0.05) is 51.1 Å². The Bertz CT molecular complexity index is 1600. The third-order valence-electron chi connectivity index (χ3n) is 8.97. The fraction of sp³-hybridized carbons (Fsp3) is 0.389. The molecule has 4 heterocycles. The Morgan fingerprint density at radius 3 is 2.33 bits per heavy atom. The lowest BCUT2D eigenvalue weighted by Crippen LogP contribution is -2.49. The third kappa shape index (κ3) is 7.08. The number of piperidine rings is 1. The van der Waals surface area contributed by atoms with Crippen LogP contribution in [0, 0.1) is 5.82 Å². The Labute approximate surface area is 264 Å². The van der Waals surface area contributed by atoms with Crippen molar-refractivity contribution in [2.45, 2.75) is 64.0 Å². The average Bonchev–Trinajstić information content (AvgIpc) is 3.19. The molecular weight excluding hydrogens is 567 g/mol. The number of ether oxygens (including phenoxy) is 1. The first-order valence-corrected chi connectivity index (χ1v) is 15.8. The monoisotopic (exact) mass is 608 g/mol. The second kappa shape index (κ2) is 12.8. The lowest BCUT2D eigenvalue weighted by molar-refractivity contribution is 0.0373. The number of pyridine rings is 1. The highest BCUT2D eigenvalue weighted by atomic mass is 19.1. The number of hydrogen-bond donors (Lipinski definition) is 1. The first kappa shape index (κ1) is 30.5. The molecule has 0 aliphatic carbocycles. The van der Waals surface area contributed by atoms with E-state index in [-0.39, 0.29) is 22.8 Å². The first-order chi connectivity index (χ1) is 21.7. The highest BCUT2D eigenvalue weighted by Gasteiger charge is 2.41. The van der Waals surface area contributed by atoms with Crippen molar-refractivity contribution in [2.75, 3.05) is 36.0 Å². The van der Waals surface area contributed by atoms with Gasteiger partial charge >= 0.3 is 0 Å². The summed E-state index contributed by atoms with van der Waals surface area (Å²) in [5.41, 5.74) is 4.30. The Morgan fingerprint density at radius 1 is 0.911 bits per heavy atom. The SMILES string of the molecule is CC(C)(C)c1ccc(CN2CCC3(CCN(c4ccc(C(=O)NCCc5ccncc5)nn4)CC3)Oc3c(F)cccc32)cc1. The van der Waals surface area contributed by atoms with Crippen LogP contribution in [0.1, 0.15) is 67.2 Å². The van der Waals surface area contributed by atoms with Gasteiger partial charge < -0.3 is 19.9 Å². The predicted octanol–water partition coefficient (Wildman–Crippen LogP) is 6.11. The van der Waals surface area contributed by atoms with Crippen molar-refractivity contribution in [3.63, 3.8) is 0 Å². The summed E-state index contributed by atoms with van der Waals surface area (Å²) >= 11 is 0. The summed E-state index contributed by atoms with van der Waals surface area (Å²) in [5, 5.41) is 11.5. The van der Waals surface area contributed by atoms with E-state index in [1.807, 2.05) is 24.3 Å². The van der Waals surface area contributed by atoms with E-state index >= 15 is 4.39 Å². The number of aromatic nitrogens is 3. The van der Waals surface area contributed by atoms with Crippen LogP contribution in [0.25, 0.3) is 0 Å². The highest BCUT2D eigenvalue weighted by molar-refractivity contribution is 5.92. The zero-order valence-corrected chi connectivity index (χ0v) is 26.3. The van der Waals surface area contributed by atoms with E-state index in [9.17, 15) is 4.79 Å². The molecule has 9 heteroatoms. The normalized spacial score (nSPS) is 16.1. The molecule has 45 heavy (non-hydrogen) atoms.